The van der Waals surface area contributed by atoms with Crippen LogP contribution < -0.4 is 5.56 Å². The van der Waals surface area contributed by atoms with E-state index in [1.54, 1.807) is 4.90 Å². The largest absolute Gasteiger partial charge is 0.338 e. The average molecular weight is 308 g/mol. The lowest BCUT2D eigenvalue weighted by molar-refractivity contribution is 0.0705. The molecule has 6 heteroatoms. The number of rotatable bonds is 2. The summed E-state index contributed by atoms with van der Waals surface area (Å²) < 4.78 is 0. The smallest absolute Gasteiger partial charge is 0.264 e. The first-order valence-corrected chi connectivity index (χ1v) is 7.52. The van der Waals surface area contributed by atoms with Crippen LogP contribution in [-0.2, 0) is 0 Å². The van der Waals surface area contributed by atoms with Gasteiger partial charge in [0.05, 0.1) is 6.07 Å². The summed E-state index contributed by atoms with van der Waals surface area (Å²) in [7, 11) is 0. The topological polar surface area (TPSA) is 89.8 Å². The first-order valence-electron chi connectivity index (χ1n) is 7.52. The Balaban J connectivity index is 1.80. The molecule has 0 saturated carbocycles. The third-order valence-corrected chi connectivity index (χ3v) is 4.04. The third-order valence-electron chi connectivity index (χ3n) is 4.04. The number of piperidine rings is 1. The predicted molar refractivity (Wildman–Crippen MR) is 84.5 cm³/mol. The summed E-state index contributed by atoms with van der Waals surface area (Å²) in [6.07, 6.45) is 2.63. The maximum atomic E-state index is 12.4. The van der Waals surface area contributed by atoms with E-state index < -0.39 is 5.56 Å². The molecule has 2 aromatic rings. The van der Waals surface area contributed by atoms with Crippen LogP contribution in [-0.4, -0.2) is 33.9 Å². The predicted octanol–water partition coefficient (Wildman–Crippen LogP) is 1.81. The van der Waals surface area contributed by atoms with E-state index in [1.165, 1.54) is 6.20 Å². The van der Waals surface area contributed by atoms with E-state index in [-0.39, 0.29) is 17.4 Å². The highest BCUT2D eigenvalue weighted by Gasteiger charge is 2.25. The fraction of sp³-hybridized carbons (Fsp3) is 0.294. The number of hydrogen-bond donors (Lipinski definition) is 1. The summed E-state index contributed by atoms with van der Waals surface area (Å²) in [6, 6.07) is 11.5. The molecule has 1 aliphatic rings. The molecule has 0 bridgehead atoms. The molecule has 0 radical (unpaired) electrons. The number of hydrogen-bond acceptors (Lipinski definition) is 4. The molecule has 1 aliphatic heterocycles. The van der Waals surface area contributed by atoms with E-state index in [9.17, 15) is 9.59 Å². The number of H-pyrrole nitrogens is 1. The van der Waals surface area contributed by atoms with Gasteiger partial charge in [0, 0.05) is 30.8 Å². The van der Waals surface area contributed by atoms with E-state index in [0.29, 0.717) is 31.8 Å². The van der Waals surface area contributed by atoms with Crippen LogP contribution >= 0.6 is 0 Å². The molecule has 116 valence electrons. The number of amides is 1. The normalized spacial score (nSPS) is 15.2. The first-order chi connectivity index (χ1) is 11.2. The maximum Gasteiger partial charge on any atom is 0.264 e. The Bertz CT molecular complexity index is 799. The summed E-state index contributed by atoms with van der Waals surface area (Å²) in [5, 5.41) is 8.90. The standard InChI is InChI=1S/C17H16N4O2/c18-10-12-6-8-21(9-7-12)17(23)14-11-19-15(20-16(14)22)13-4-2-1-3-5-13/h1-5,11-12H,6-9H2,(H,19,20,22). The molecular weight excluding hydrogens is 292 g/mol. The molecule has 0 unspecified atom stereocenters. The van der Waals surface area contributed by atoms with E-state index in [0.717, 1.165) is 5.56 Å². The van der Waals surface area contributed by atoms with Crippen LogP contribution in [0.2, 0.25) is 0 Å². The molecule has 6 nitrogen and oxygen atoms in total. The lowest BCUT2D eigenvalue weighted by Crippen LogP contribution is -2.40. The number of nitriles is 1. The second-order valence-corrected chi connectivity index (χ2v) is 5.54. The zero-order chi connectivity index (χ0) is 16.2. The first kappa shape index (κ1) is 15.0. The van der Waals surface area contributed by atoms with Crippen molar-refractivity contribution in [3.63, 3.8) is 0 Å². The number of likely N-dealkylation sites (tertiary alicyclic amines) is 1. The van der Waals surface area contributed by atoms with Crippen molar-refractivity contribution in [2.24, 2.45) is 5.92 Å². The van der Waals surface area contributed by atoms with Gasteiger partial charge in [-0.25, -0.2) is 4.98 Å². The Morgan fingerprint density at radius 1 is 1.26 bits per heavy atom. The van der Waals surface area contributed by atoms with Crippen LogP contribution in [0, 0.1) is 17.2 Å². The van der Waals surface area contributed by atoms with Crippen LogP contribution in [0.1, 0.15) is 23.2 Å². The second-order valence-electron chi connectivity index (χ2n) is 5.54. The number of nitrogens with zero attached hydrogens (tertiary/aromatic N) is 3. The van der Waals surface area contributed by atoms with Crippen LogP contribution in [0.25, 0.3) is 11.4 Å². The van der Waals surface area contributed by atoms with Crippen molar-refractivity contribution in [1.29, 1.82) is 5.26 Å². The molecule has 1 aromatic heterocycles. The van der Waals surface area contributed by atoms with Crippen molar-refractivity contribution in [2.75, 3.05) is 13.1 Å². The molecule has 23 heavy (non-hydrogen) atoms. The number of aromatic nitrogens is 2. The molecule has 2 heterocycles. The van der Waals surface area contributed by atoms with Gasteiger partial charge in [0.2, 0.25) is 0 Å². The fourth-order valence-electron chi connectivity index (χ4n) is 2.67. The second kappa shape index (κ2) is 6.44. The summed E-state index contributed by atoms with van der Waals surface area (Å²) in [5.74, 6) is 0.112. The minimum absolute atomic E-state index is 0.00378. The molecule has 1 N–H and O–H groups in total. The highest BCUT2D eigenvalue weighted by Crippen LogP contribution is 2.18. The van der Waals surface area contributed by atoms with Crippen LogP contribution in [0.4, 0.5) is 0 Å². The molecule has 1 aromatic carbocycles. The van der Waals surface area contributed by atoms with Gasteiger partial charge in [-0.05, 0) is 12.8 Å². The highest BCUT2D eigenvalue weighted by molar-refractivity contribution is 5.93. The molecule has 3 rings (SSSR count). The third kappa shape index (κ3) is 3.14. The molecule has 1 saturated heterocycles. The van der Waals surface area contributed by atoms with Gasteiger partial charge < -0.3 is 9.88 Å². The minimum Gasteiger partial charge on any atom is -0.338 e. The molecule has 0 aliphatic carbocycles. The minimum atomic E-state index is -0.439. The Morgan fingerprint density at radius 2 is 1.96 bits per heavy atom. The van der Waals surface area contributed by atoms with Gasteiger partial charge in [0.1, 0.15) is 11.4 Å². The van der Waals surface area contributed by atoms with E-state index >= 15 is 0 Å². The van der Waals surface area contributed by atoms with Crippen molar-refractivity contribution < 1.29 is 4.79 Å². The molecule has 1 fully saturated rings. The fourth-order valence-corrected chi connectivity index (χ4v) is 2.67. The zero-order valence-corrected chi connectivity index (χ0v) is 12.5. The van der Waals surface area contributed by atoms with Crippen LogP contribution in [0.15, 0.2) is 41.3 Å². The molecule has 0 atom stereocenters. The van der Waals surface area contributed by atoms with E-state index in [4.69, 9.17) is 5.26 Å². The molecule has 0 spiro atoms. The van der Waals surface area contributed by atoms with E-state index in [2.05, 4.69) is 16.0 Å². The van der Waals surface area contributed by atoms with Crippen LogP contribution in [0.5, 0.6) is 0 Å². The summed E-state index contributed by atoms with van der Waals surface area (Å²) in [6.45, 7) is 0.994. The molecular formula is C17H16N4O2. The van der Waals surface area contributed by atoms with Crippen molar-refractivity contribution >= 4 is 5.91 Å². The average Bonchev–Trinajstić information content (AvgIpc) is 2.62. The number of aromatic amines is 1. The Labute approximate surface area is 133 Å². The monoisotopic (exact) mass is 308 g/mol. The molecule has 1 amide bonds. The van der Waals surface area contributed by atoms with Gasteiger partial charge in [-0.2, -0.15) is 5.26 Å². The summed E-state index contributed by atoms with van der Waals surface area (Å²) >= 11 is 0. The summed E-state index contributed by atoms with van der Waals surface area (Å²) in [5.41, 5.74) is 0.393. The van der Waals surface area contributed by atoms with Gasteiger partial charge in [0.15, 0.2) is 0 Å². The van der Waals surface area contributed by atoms with Crippen molar-refractivity contribution in [1.82, 2.24) is 14.9 Å². The number of nitrogens with one attached hydrogen (secondary N) is 1. The van der Waals surface area contributed by atoms with Crippen molar-refractivity contribution in [2.45, 2.75) is 12.8 Å². The van der Waals surface area contributed by atoms with Crippen molar-refractivity contribution in [3.05, 3.63) is 52.4 Å². The Morgan fingerprint density at radius 3 is 2.57 bits per heavy atom. The Kier molecular flexibility index (Phi) is 4.20. The zero-order valence-electron chi connectivity index (χ0n) is 12.5. The van der Waals surface area contributed by atoms with Gasteiger partial charge in [0.25, 0.3) is 11.5 Å². The number of carbonyl (C=O) groups is 1. The van der Waals surface area contributed by atoms with Crippen molar-refractivity contribution in [3.8, 4) is 17.5 Å². The van der Waals surface area contributed by atoms with Gasteiger partial charge in [-0.15, -0.1) is 0 Å². The maximum absolute atomic E-state index is 12.4. The highest BCUT2D eigenvalue weighted by atomic mass is 16.2. The number of carbonyl (C=O) groups excluding carboxylic acids is 1. The quantitative estimate of drug-likeness (QED) is 0.916. The lowest BCUT2D eigenvalue weighted by Gasteiger charge is -2.28. The SMILES string of the molecule is N#CC1CCN(C(=O)c2cnc(-c3ccccc3)[nH]c2=O)CC1. The van der Waals surface area contributed by atoms with Gasteiger partial charge >= 0.3 is 0 Å². The van der Waals surface area contributed by atoms with Crippen LogP contribution in [0.3, 0.4) is 0 Å². The Hall–Kier alpha value is -2.94. The van der Waals surface area contributed by atoms with E-state index in [1.807, 2.05) is 30.3 Å². The van der Waals surface area contributed by atoms with Gasteiger partial charge in [-0.1, -0.05) is 30.3 Å². The lowest BCUT2D eigenvalue weighted by atomic mass is 9.98. The summed E-state index contributed by atoms with van der Waals surface area (Å²) in [4.78, 5) is 33.1. The van der Waals surface area contributed by atoms with Gasteiger partial charge in [-0.3, -0.25) is 9.59 Å². The number of benzene rings is 1.